The maximum atomic E-state index is 11.1. The van der Waals surface area contributed by atoms with E-state index in [0.717, 1.165) is 40.8 Å². The van der Waals surface area contributed by atoms with E-state index in [0.29, 0.717) is 0 Å². The highest BCUT2D eigenvalue weighted by molar-refractivity contribution is 6.25. The molecule has 0 spiro atoms. The molecule has 0 aliphatic rings. The van der Waals surface area contributed by atoms with Crippen LogP contribution in [0.15, 0.2) is 133 Å². The van der Waals surface area contributed by atoms with Gasteiger partial charge in [-0.2, -0.15) is 0 Å². The molecule has 0 aliphatic heterocycles. The maximum absolute atomic E-state index is 11.1. The molecule has 1 heterocycles. The average Bonchev–Trinajstić information content (AvgIpc) is 3.46. The van der Waals surface area contributed by atoms with Crippen molar-refractivity contribution in [2.75, 3.05) is 0 Å². The summed E-state index contributed by atoms with van der Waals surface area (Å²) in [6.07, 6.45) is 2.15. The van der Waals surface area contributed by atoms with Crippen LogP contribution < -0.4 is 0 Å². The van der Waals surface area contributed by atoms with Gasteiger partial charge in [-0.05, 0) is 147 Å². The molecule has 9 aromatic rings. The van der Waals surface area contributed by atoms with Crippen LogP contribution in [0.3, 0.4) is 0 Å². The quantitative estimate of drug-likeness (QED) is 0.185. The molecule has 50 heavy (non-hydrogen) atoms. The summed E-state index contributed by atoms with van der Waals surface area (Å²) >= 11 is 0. The molecule has 0 atom stereocenters. The number of hydrogen-bond acceptors (Lipinski definition) is 1. The summed E-state index contributed by atoms with van der Waals surface area (Å²) in [5, 5.41) is 21.2. The number of aryl methyl sites for hydroxylation is 3. The molecule has 1 aromatic heterocycles. The molecule has 0 saturated carbocycles. The molecule has 0 saturated heterocycles. The van der Waals surface area contributed by atoms with Gasteiger partial charge in [-0.1, -0.05) is 104 Å². The Bertz CT molecular complexity index is 2780. The van der Waals surface area contributed by atoms with Crippen LogP contribution in [0.5, 0.6) is 5.75 Å². The van der Waals surface area contributed by atoms with Gasteiger partial charge >= 0.3 is 0 Å². The molecule has 242 valence electrons. The SMILES string of the molecule is CCCc1ccc2c(c1)c1cc(-c3cc(O)cc(-c4cc(C)ccc4C)c3C)ccc1n2-c1ccc2c3ccccc3c3ccccc3c2c1. The molecular weight excluding hydrogens is 607 g/mol. The van der Waals surface area contributed by atoms with E-state index in [2.05, 4.69) is 154 Å². The van der Waals surface area contributed by atoms with Gasteiger partial charge in [-0.15, -0.1) is 0 Å². The number of phenolic OH excluding ortho intramolecular Hbond substituents is 1. The molecule has 8 aromatic carbocycles. The van der Waals surface area contributed by atoms with Crippen molar-refractivity contribution < 1.29 is 5.11 Å². The van der Waals surface area contributed by atoms with E-state index >= 15 is 0 Å². The van der Waals surface area contributed by atoms with Crippen LogP contribution >= 0.6 is 0 Å². The van der Waals surface area contributed by atoms with Crippen LogP contribution in [0.2, 0.25) is 0 Å². The highest BCUT2D eigenvalue weighted by atomic mass is 16.3. The van der Waals surface area contributed by atoms with Gasteiger partial charge in [-0.3, -0.25) is 0 Å². The van der Waals surface area contributed by atoms with Gasteiger partial charge in [0.1, 0.15) is 5.75 Å². The van der Waals surface area contributed by atoms with E-state index in [-0.39, 0.29) is 5.75 Å². The van der Waals surface area contributed by atoms with E-state index in [4.69, 9.17) is 0 Å². The number of hydrogen-bond donors (Lipinski definition) is 1. The zero-order valence-electron chi connectivity index (χ0n) is 29.0. The molecule has 0 fully saturated rings. The summed E-state index contributed by atoms with van der Waals surface area (Å²) in [4.78, 5) is 0. The van der Waals surface area contributed by atoms with Gasteiger partial charge < -0.3 is 9.67 Å². The Morgan fingerprint density at radius 3 is 1.82 bits per heavy atom. The first-order valence-electron chi connectivity index (χ1n) is 17.7. The van der Waals surface area contributed by atoms with Crippen LogP contribution in [-0.2, 0) is 6.42 Å². The second-order valence-corrected chi connectivity index (χ2v) is 14.0. The Labute approximate surface area is 292 Å². The maximum Gasteiger partial charge on any atom is 0.116 e. The minimum absolute atomic E-state index is 0.283. The van der Waals surface area contributed by atoms with Gasteiger partial charge in [0.25, 0.3) is 0 Å². The lowest BCUT2D eigenvalue weighted by Gasteiger charge is -2.16. The zero-order valence-corrected chi connectivity index (χ0v) is 29.0. The van der Waals surface area contributed by atoms with E-state index in [1.165, 1.54) is 76.4 Å². The largest absolute Gasteiger partial charge is 0.508 e. The first-order chi connectivity index (χ1) is 24.4. The number of rotatable bonds is 5. The molecule has 0 unspecified atom stereocenters. The second kappa shape index (κ2) is 11.6. The van der Waals surface area contributed by atoms with Crippen LogP contribution in [0.1, 0.15) is 35.6 Å². The van der Waals surface area contributed by atoms with Crippen molar-refractivity contribution >= 4 is 54.1 Å². The van der Waals surface area contributed by atoms with Gasteiger partial charge in [0, 0.05) is 16.5 Å². The summed E-state index contributed by atoms with van der Waals surface area (Å²) in [6.45, 7) is 8.69. The van der Waals surface area contributed by atoms with Crippen molar-refractivity contribution in [3.05, 3.63) is 156 Å². The third-order valence-electron chi connectivity index (χ3n) is 10.7. The van der Waals surface area contributed by atoms with Gasteiger partial charge in [0.05, 0.1) is 11.0 Å². The normalized spacial score (nSPS) is 11.8. The monoisotopic (exact) mass is 645 g/mol. The molecule has 2 heteroatoms. The number of nitrogens with zero attached hydrogens (tertiary/aromatic N) is 1. The lowest BCUT2D eigenvalue weighted by molar-refractivity contribution is 0.475. The minimum atomic E-state index is 0.283. The van der Waals surface area contributed by atoms with Gasteiger partial charge in [-0.25, -0.2) is 0 Å². The highest BCUT2D eigenvalue weighted by Crippen LogP contribution is 2.42. The molecule has 0 radical (unpaired) electrons. The standard InChI is InChI=1S/C48H39NO/c1-5-10-32-17-21-47-45(24-32)46-25-33(42-27-35(50)28-43(31(42)4)41-23-29(2)15-16-30(41)3)18-22-48(46)49(47)34-19-20-40-38-13-7-6-11-36(38)37-12-8-9-14-39(37)44(40)26-34/h6-9,11-28,50H,5,10H2,1-4H3. The highest BCUT2D eigenvalue weighted by Gasteiger charge is 2.18. The van der Waals surface area contributed by atoms with E-state index in [9.17, 15) is 5.11 Å². The van der Waals surface area contributed by atoms with Crippen molar-refractivity contribution in [3.63, 3.8) is 0 Å². The second-order valence-electron chi connectivity index (χ2n) is 14.0. The third kappa shape index (κ3) is 4.70. The Morgan fingerprint density at radius 2 is 1.12 bits per heavy atom. The van der Waals surface area contributed by atoms with Gasteiger partial charge in [0.2, 0.25) is 0 Å². The third-order valence-corrected chi connectivity index (χ3v) is 10.7. The molecule has 0 amide bonds. The van der Waals surface area contributed by atoms with Crippen molar-refractivity contribution in [2.45, 2.75) is 40.5 Å². The predicted molar refractivity (Wildman–Crippen MR) is 214 cm³/mol. The number of phenols is 1. The van der Waals surface area contributed by atoms with Crippen molar-refractivity contribution in [3.8, 4) is 33.7 Å². The van der Waals surface area contributed by atoms with Crippen molar-refractivity contribution in [1.82, 2.24) is 4.57 Å². The Hall–Kier alpha value is -5.86. The Kier molecular flexibility index (Phi) is 7.03. The minimum Gasteiger partial charge on any atom is -0.508 e. The number of aromatic hydroxyl groups is 1. The van der Waals surface area contributed by atoms with E-state index < -0.39 is 0 Å². The summed E-state index contributed by atoms with van der Waals surface area (Å²) in [5.74, 6) is 0.283. The summed E-state index contributed by atoms with van der Waals surface area (Å²) in [6, 6.07) is 48.7. The molecular formula is C48H39NO. The predicted octanol–water partition coefficient (Wildman–Crippen LogP) is 13.2. The first-order valence-corrected chi connectivity index (χ1v) is 17.7. The fourth-order valence-corrected chi connectivity index (χ4v) is 8.30. The van der Waals surface area contributed by atoms with Crippen LogP contribution in [-0.4, -0.2) is 9.67 Å². The zero-order chi connectivity index (χ0) is 34.1. The number of fused-ring (bicyclic) bond motifs is 9. The molecule has 0 bridgehead atoms. The lowest BCUT2D eigenvalue weighted by atomic mass is 9.89. The topological polar surface area (TPSA) is 25.2 Å². The molecule has 0 aliphatic carbocycles. The fourth-order valence-electron chi connectivity index (χ4n) is 8.30. The summed E-state index contributed by atoms with van der Waals surface area (Å²) in [7, 11) is 0. The van der Waals surface area contributed by atoms with Crippen LogP contribution in [0, 0.1) is 20.8 Å². The Balaban J connectivity index is 1.30. The summed E-state index contributed by atoms with van der Waals surface area (Å²) in [5.41, 5.74) is 12.9. The molecule has 1 N–H and O–H groups in total. The van der Waals surface area contributed by atoms with E-state index in [1.807, 2.05) is 12.1 Å². The Morgan fingerprint density at radius 1 is 0.500 bits per heavy atom. The first kappa shape index (κ1) is 30.2. The number of aromatic nitrogens is 1. The fraction of sp³-hybridized carbons (Fsp3) is 0.125. The van der Waals surface area contributed by atoms with Gasteiger partial charge in [0.15, 0.2) is 0 Å². The lowest BCUT2D eigenvalue weighted by Crippen LogP contribution is -1.95. The molecule has 9 rings (SSSR count). The van der Waals surface area contributed by atoms with Crippen molar-refractivity contribution in [2.24, 2.45) is 0 Å². The van der Waals surface area contributed by atoms with Crippen molar-refractivity contribution in [1.29, 1.82) is 0 Å². The van der Waals surface area contributed by atoms with Crippen LogP contribution in [0.25, 0.3) is 82.1 Å². The smallest absolute Gasteiger partial charge is 0.116 e. The number of benzene rings is 8. The molecule has 2 nitrogen and oxygen atoms in total. The average molecular weight is 646 g/mol. The summed E-state index contributed by atoms with van der Waals surface area (Å²) < 4.78 is 2.43. The van der Waals surface area contributed by atoms with Crippen LogP contribution in [0.4, 0.5) is 0 Å². The van der Waals surface area contributed by atoms with E-state index in [1.54, 1.807) is 0 Å².